The van der Waals surface area contributed by atoms with Gasteiger partial charge in [-0.25, -0.2) is 0 Å². The van der Waals surface area contributed by atoms with Crippen molar-refractivity contribution in [1.29, 1.82) is 0 Å². The second kappa shape index (κ2) is 7.30. The molecule has 2 aromatic carbocycles. The van der Waals surface area contributed by atoms with E-state index in [1.165, 1.54) is 11.1 Å². The van der Waals surface area contributed by atoms with Crippen molar-refractivity contribution in [2.45, 2.75) is 33.6 Å². The van der Waals surface area contributed by atoms with Crippen molar-refractivity contribution in [3.8, 4) is 11.5 Å². The molecule has 0 aliphatic carbocycles. The number of carbonyl (C=O) groups is 1. The number of nitrogens with one attached hydrogen (secondary N) is 1. The van der Waals surface area contributed by atoms with Gasteiger partial charge in [0.05, 0.1) is 6.42 Å². The van der Waals surface area contributed by atoms with E-state index in [4.69, 9.17) is 4.42 Å². The SMILES string of the molecule is CCc1ccc(CC(=O)Nc2nnc(-c3ccc(C)cc3C)o2)cc1. The Morgan fingerprint density at radius 2 is 1.76 bits per heavy atom. The summed E-state index contributed by atoms with van der Waals surface area (Å²) in [4.78, 5) is 12.2. The van der Waals surface area contributed by atoms with Crippen LogP contribution < -0.4 is 5.32 Å². The van der Waals surface area contributed by atoms with E-state index in [-0.39, 0.29) is 18.3 Å². The molecule has 1 aromatic heterocycles. The number of amides is 1. The van der Waals surface area contributed by atoms with Crippen LogP contribution in [0.15, 0.2) is 46.9 Å². The summed E-state index contributed by atoms with van der Waals surface area (Å²) in [6.45, 7) is 6.12. The summed E-state index contributed by atoms with van der Waals surface area (Å²) in [5, 5.41) is 10.6. The first-order chi connectivity index (χ1) is 12.0. The maximum Gasteiger partial charge on any atom is 0.322 e. The molecule has 1 amide bonds. The van der Waals surface area contributed by atoms with Crippen LogP contribution in [0, 0.1) is 13.8 Å². The number of aryl methyl sites for hydroxylation is 3. The van der Waals surface area contributed by atoms with Crippen LogP contribution in [0.2, 0.25) is 0 Å². The van der Waals surface area contributed by atoms with E-state index in [9.17, 15) is 4.79 Å². The zero-order valence-electron chi connectivity index (χ0n) is 14.7. The van der Waals surface area contributed by atoms with Gasteiger partial charge in [-0.05, 0) is 43.0 Å². The monoisotopic (exact) mass is 335 g/mol. The normalized spacial score (nSPS) is 10.7. The third-order valence-electron chi connectivity index (χ3n) is 4.08. The Bertz CT molecular complexity index is 882. The minimum Gasteiger partial charge on any atom is -0.403 e. The lowest BCUT2D eigenvalue weighted by Crippen LogP contribution is -2.14. The summed E-state index contributed by atoms with van der Waals surface area (Å²) in [6.07, 6.45) is 1.25. The fraction of sp³-hybridized carbons (Fsp3) is 0.250. The molecule has 0 saturated heterocycles. The molecule has 25 heavy (non-hydrogen) atoms. The lowest BCUT2D eigenvalue weighted by molar-refractivity contribution is -0.115. The Morgan fingerprint density at radius 3 is 2.44 bits per heavy atom. The van der Waals surface area contributed by atoms with Crippen LogP contribution in [0.5, 0.6) is 0 Å². The van der Waals surface area contributed by atoms with Gasteiger partial charge in [-0.1, -0.05) is 54.0 Å². The van der Waals surface area contributed by atoms with Crippen LogP contribution in [0.1, 0.15) is 29.2 Å². The van der Waals surface area contributed by atoms with Gasteiger partial charge in [0.25, 0.3) is 0 Å². The summed E-state index contributed by atoms with van der Waals surface area (Å²) in [7, 11) is 0. The Hall–Kier alpha value is -2.95. The van der Waals surface area contributed by atoms with E-state index in [1.807, 2.05) is 50.2 Å². The number of nitrogens with zero attached hydrogens (tertiary/aromatic N) is 2. The highest BCUT2D eigenvalue weighted by molar-refractivity contribution is 5.90. The van der Waals surface area contributed by atoms with E-state index in [1.54, 1.807) is 0 Å². The molecular formula is C20H21N3O2. The highest BCUT2D eigenvalue weighted by Gasteiger charge is 2.13. The summed E-state index contributed by atoms with van der Waals surface area (Å²) in [5.41, 5.74) is 5.29. The van der Waals surface area contributed by atoms with Gasteiger partial charge in [-0.15, -0.1) is 5.10 Å². The van der Waals surface area contributed by atoms with Crippen LogP contribution in [0.4, 0.5) is 6.01 Å². The van der Waals surface area contributed by atoms with Gasteiger partial charge in [-0.2, -0.15) is 0 Å². The van der Waals surface area contributed by atoms with Crippen LogP contribution in [0.25, 0.3) is 11.5 Å². The molecule has 0 radical (unpaired) electrons. The van der Waals surface area contributed by atoms with Gasteiger partial charge in [0.15, 0.2) is 0 Å². The van der Waals surface area contributed by atoms with Gasteiger partial charge < -0.3 is 4.42 Å². The maximum absolute atomic E-state index is 12.2. The Kier molecular flexibility index (Phi) is 4.93. The van der Waals surface area contributed by atoms with Gasteiger partial charge >= 0.3 is 6.01 Å². The van der Waals surface area contributed by atoms with Gasteiger partial charge in [0.2, 0.25) is 11.8 Å². The molecule has 1 heterocycles. The van der Waals surface area contributed by atoms with E-state index < -0.39 is 0 Å². The second-order valence-electron chi connectivity index (χ2n) is 6.13. The molecule has 5 nitrogen and oxygen atoms in total. The zero-order chi connectivity index (χ0) is 17.8. The number of carbonyl (C=O) groups excluding carboxylic acids is 1. The number of hydrogen-bond acceptors (Lipinski definition) is 4. The number of aromatic nitrogens is 2. The first-order valence-electron chi connectivity index (χ1n) is 8.34. The van der Waals surface area contributed by atoms with Crippen molar-refractivity contribution in [2.24, 2.45) is 0 Å². The van der Waals surface area contributed by atoms with Crippen molar-refractivity contribution < 1.29 is 9.21 Å². The Morgan fingerprint density at radius 1 is 1.04 bits per heavy atom. The zero-order valence-corrected chi connectivity index (χ0v) is 14.7. The van der Waals surface area contributed by atoms with E-state index in [2.05, 4.69) is 28.5 Å². The lowest BCUT2D eigenvalue weighted by atomic mass is 10.1. The summed E-state index contributed by atoms with van der Waals surface area (Å²) in [6, 6.07) is 14.1. The van der Waals surface area contributed by atoms with Crippen molar-refractivity contribution >= 4 is 11.9 Å². The first kappa shape index (κ1) is 16.9. The van der Waals surface area contributed by atoms with Crippen molar-refractivity contribution in [3.63, 3.8) is 0 Å². The van der Waals surface area contributed by atoms with Gasteiger partial charge in [0, 0.05) is 5.56 Å². The van der Waals surface area contributed by atoms with Crippen LogP contribution in [0.3, 0.4) is 0 Å². The topological polar surface area (TPSA) is 68.0 Å². The molecular weight excluding hydrogens is 314 g/mol. The average molecular weight is 335 g/mol. The molecule has 128 valence electrons. The Labute approximate surface area is 147 Å². The van der Waals surface area contributed by atoms with E-state index >= 15 is 0 Å². The molecule has 0 spiro atoms. The van der Waals surface area contributed by atoms with Crippen LogP contribution in [-0.4, -0.2) is 16.1 Å². The summed E-state index contributed by atoms with van der Waals surface area (Å²) in [5.74, 6) is 0.222. The number of anilines is 1. The smallest absolute Gasteiger partial charge is 0.322 e. The van der Waals surface area contributed by atoms with Gasteiger partial charge in [0.1, 0.15) is 0 Å². The highest BCUT2D eigenvalue weighted by atomic mass is 16.4. The van der Waals surface area contributed by atoms with E-state index in [0.29, 0.717) is 5.89 Å². The Balaban J connectivity index is 1.67. The summed E-state index contributed by atoms with van der Waals surface area (Å²) < 4.78 is 5.58. The predicted octanol–water partition coefficient (Wildman–Crippen LogP) is 4.10. The first-order valence-corrected chi connectivity index (χ1v) is 8.34. The third kappa shape index (κ3) is 4.12. The maximum atomic E-state index is 12.2. The standard InChI is InChI=1S/C20H21N3O2/c1-4-15-6-8-16(9-7-15)12-18(24)21-20-23-22-19(25-20)17-10-5-13(2)11-14(17)3/h5-11H,4,12H2,1-3H3,(H,21,23,24). The molecule has 0 fully saturated rings. The molecule has 0 aliphatic heterocycles. The van der Waals surface area contributed by atoms with Gasteiger partial charge in [-0.3, -0.25) is 10.1 Å². The molecule has 1 N–H and O–H groups in total. The molecule has 0 unspecified atom stereocenters. The van der Waals surface area contributed by atoms with Crippen molar-refractivity contribution in [3.05, 3.63) is 64.7 Å². The average Bonchev–Trinajstić information content (AvgIpc) is 3.03. The lowest BCUT2D eigenvalue weighted by Gasteiger charge is -2.03. The number of hydrogen-bond donors (Lipinski definition) is 1. The molecule has 0 saturated carbocycles. The molecule has 0 aliphatic rings. The number of benzene rings is 2. The molecule has 0 bridgehead atoms. The van der Waals surface area contributed by atoms with Crippen molar-refractivity contribution in [2.75, 3.05) is 5.32 Å². The quantitative estimate of drug-likeness (QED) is 0.762. The minimum atomic E-state index is -0.180. The fourth-order valence-electron chi connectivity index (χ4n) is 2.68. The fourth-order valence-corrected chi connectivity index (χ4v) is 2.68. The van der Waals surface area contributed by atoms with Crippen molar-refractivity contribution in [1.82, 2.24) is 10.2 Å². The van der Waals surface area contributed by atoms with Crippen LogP contribution >= 0.6 is 0 Å². The molecule has 5 heteroatoms. The van der Waals surface area contributed by atoms with Crippen LogP contribution in [-0.2, 0) is 17.6 Å². The molecule has 0 atom stereocenters. The second-order valence-corrected chi connectivity index (χ2v) is 6.13. The summed E-state index contributed by atoms with van der Waals surface area (Å²) >= 11 is 0. The largest absolute Gasteiger partial charge is 0.403 e. The predicted molar refractivity (Wildman–Crippen MR) is 97.4 cm³/mol. The minimum absolute atomic E-state index is 0.116. The molecule has 3 aromatic rings. The number of rotatable bonds is 5. The molecule has 3 rings (SSSR count). The van der Waals surface area contributed by atoms with E-state index in [0.717, 1.165) is 23.1 Å². The highest BCUT2D eigenvalue weighted by Crippen LogP contribution is 2.24. The third-order valence-corrected chi connectivity index (χ3v) is 4.08.